The molecule has 0 saturated heterocycles. The Bertz CT molecular complexity index is 732. The van der Waals surface area contributed by atoms with E-state index in [1.807, 2.05) is 25.3 Å². The van der Waals surface area contributed by atoms with Gasteiger partial charge < -0.3 is 4.57 Å². The molecule has 0 bridgehead atoms. The first-order valence-corrected chi connectivity index (χ1v) is 7.08. The zero-order chi connectivity index (χ0) is 14.1. The molecule has 0 N–H and O–H groups in total. The Labute approximate surface area is 123 Å². The Kier molecular flexibility index (Phi) is 3.45. The fourth-order valence-electron chi connectivity index (χ4n) is 2.40. The van der Waals surface area contributed by atoms with Crippen molar-refractivity contribution in [1.82, 2.24) is 14.5 Å². The van der Waals surface area contributed by atoms with Crippen LogP contribution in [-0.4, -0.2) is 14.5 Å². The summed E-state index contributed by atoms with van der Waals surface area (Å²) in [5.41, 5.74) is 4.48. The van der Waals surface area contributed by atoms with Crippen molar-refractivity contribution in [2.45, 2.75) is 25.8 Å². The quantitative estimate of drug-likeness (QED) is 0.679. The number of pyridine rings is 1. The topological polar surface area (TPSA) is 30.7 Å². The number of rotatable bonds is 3. The average Bonchev–Trinajstić information content (AvgIpc) is 2.78. The van der Waals surface area contributed by atoms with Crippen LogP contribution in [0.4, 0.5) is 0 Å². The van der Waals surface area contributed by atoms with E-state index < -0.39 is 0 Å². The lowest BCUT2D eigenvalue weighted by Gasteiger charge is -2.10. The first-order chi connectivity index (χ1) is 9.65. The Morgan fingerprint density at radius 2 is 2.15 bits per heavy atom. The number of halogens is 1. The molecule has 0 radical (unpaired) electrons. The zero-order valence-electron chi connectivity index (χ0n) is 11.5. The minimum Gasteiger partial charge on any atom is -0.322 e. The second-order valence-electron chi connectivity index (χ2n) is 5.03. The van der Waals surface area contributed by atoms with Gasteiger partial charge in [0.15, 0.2) is 0 Å². The van der Waals surface area contributed by atoms with E-state index in [4.69, 9.17) is 11.6 Å². The number of aryl methyl sites for hydroxylation is 1. The molecule has 4 heteroatoms. The average molecular weight is 286 g/mol. The van der Waals surface area contributed by atoms with E-state index >= 15 is 0 Å². The number of fused-ring (bicyclic) bond motifs is 1. The lowest BCUT2D eigenvalue weighted by molar-refractivity contribution is 0.740. The minimum absolute atomic E-state index is 0.126. The van der Waals surface area contributed by atoms with Crippen LogP contribution in [-0.2, 0) is 6.54 Å². The monoisotopic (exact) mass is 285 g/mol. The highest BCUT2D eigenvalue weighted by Crippen LogP contribution is 2.26. The molecule has 102 valence electrons. The first kappa shape index (κ1) is 13.1. The molecule has 3 rings (SSSR count). The van der Waals surface area contributed by atoms with Crippen molar-refractivity contribution in [3.8, 4) is 0 Å². The molecule has 0 aliphatic carbocycles. The molecule has 0 aliphatic heterocycles. The molecule has 0 saturated carbocycles. The standard InChI is InChI=1S/C16H16ClN3/c1-11-5-6-14-15(8-11)20(16(19-14)12(2)17)10-13-4-3-7-18-9-13/h3-9,12H,10H2,1-2H3. The fourth-order valence-corrected chi connectivity index (χ4v) is 2.56. The second kappa shape index (κ2) is 5.25. The normalized spacial score (nSPS) is 12.8. The SMILES string of the molecule is Cc1ccc2nc(C(C)Cl)n(Cc3cccnc3)c2c1. The van der Waals surface area contributed by atoms with Crippen molar-refractivity contribution in [2.75, 3.05) is 0 Å². The summed E-state index contributed by atoms with van der Waals surface area (Å²) in [5.74, 6) is 0.899. The highest BCUT2D eigenvalue weighted by atomic mass is 35.5. The maximum atomic E-state index is 6.29. The van der Waals surface area contributed by atoms with Crippen LogP contribution in [0, 0.1) is 6.92 Å². The van der Waals surface area contributed by atoms with Gasteiger partial charge >= 0.3 is 0 Å². The van der Waals surface area contributed by atoms with E-state index in [9.17, 15) is 0 Å². The Morgan fingerprint density at radius 3 is 2.85 bits per heavy atom. The van der Waals surface area contributed by atoms with Crippen molar-refractivity contribution in [2.24, 2.45) is 0 Å². The molecule has 20 heavy (non-hydrogen) atoms. The molecule has 3 nitrogen and oxygen atoms in total. The van der Waals surface area contributed by atoms with Crippen molar-refractivity contribution in [3.05, 3.63) is 59.7 Å². The molecule has 1 aromatic carbocycles. The Hall–Kier alpha value is -1.87. The van der Waals surface area contributed by atoms with Crippen LogP contribution in [0.15, 0.2) is 42.7 Å². The largest absolute Gasteiger partial charge is 0.322 e. The third kappa shape index (κ3) is 2.41. The molecule has 0 amide bonds. The van der Waals surface area contributed by atoms with Crippen LogP contribution in [0.2, 0.25) is 0 Å². The summed E-state index contributed by atoms with van der Waals surface area (Å²) in [7, 11) is 0. The number of benzene rings is 1. The first-order valence-electron chi connectivity index (χ1n) is 6.65. The highest BCUT2D eigenvalue weighted by molar-refractivity contribution is 6.20. The third-order valence-electron chi connectivity index (χ3n) is 3.35. The van der Waals surface area contributed by atoms with Crippen molar-refractivity contribution in [3.63, 3.8) is 0 Å². The van der Waals surface area contributed by atoms with E-state index in [1.54, 1.807) is 6.20 Å². The van der Waals surface area contributed by atoms with Crippen LogP contribution in [0.5, 0.6) is 0 Å². The van der Waals surface area contributed by atoms with Crippen molar-refractivity contribution >= 4 is 22.6 Å². The van der Waals surface area contributed by atoms with Gasteiger partial charge in [-0.2, -0.15) is 0 Å². The van der Waals surface area contributed by atoms with E-state index in [2.05, 4.69) is 39.7 Å². The molecule has 3 aromatic rings. The van der Waals surface area contributed by atoms with E-state index in [0.717, 1.165) is 29.0 Å². The van der Waals surface area contributed by atoms with Crippen molar-refractivity contribution < 1.29 is 0 Å². The van der Waals surface area contributed by atoms with Gasteiger partial charge in [0.05, 0.1) is 23.0 Å². The van der Waals surface area contributed by atoms with Gasteiger partial charge in [-0.05, 0) is 43.2 Å². The van der Waals surface area contributed by atoms with Crippen LogP contribution >= 0.6 is 11.6 Å². The molecular weight excluding hydrogens is 270 g/mol. The fraction of sp³-hybridized carbons (Fsp3) is 0.250. The maximum absolute atomic E-state index is 6.29. The van der Waals surface area contributed by atoms with E-state index in [-0.39, 0.29) is 5.38 Å². The van der Waals surface area contributed by atoms with Crippen LogP contribution in [0.25, 0.3) is 11.0 Å². The number of aromatic nitrogens is 3. The van der Waals surface area contributed by atoms with Crippen LogP contribution in [0.1, 0.15) is 29.3 Å². The third-order valence-corrected chi connectivity index (χ3v) is 3.55. The Balaban J connectivity index is 2.15. The number of imidazole rings is 1. The molecule has 2 heterocycles. The molecule has 1 unspecified atom stereocenters. The lowest BCUT2D eigenvalue weighted by atomic mass is 10.2. The summed E-state index contributed by atoms with van der Waals surface area (Å²) in [6.07, 6.45) is 3.66. The van der Waals surface area contributed by atoms with Crippen molar-refractivity contribution in [1.29, 1.82) is 0 Å². The molecular formula is C16H16ClN3. The predicted molar refractivity (Wildman–Crippen MR) is 82.1 cm³/mol. The zero-order valence-corrected chi connectivity index (χ0v) is 12.3. The molecule has 1 atom stereocenters. The summed E-state index contributed by atoms with van der Waals surface area (Å²) in [6, 6.07) is 10.3. The van der Waals surface area contributed by atoms with Gasteiger partial charge in [-0.3, -0.25) is 4.98 Å². The number of nitrogens with zero attached hydrogens (tertiary/aromatic N) is 3. The molecule has 0 aliphatic rings. The molecule has 2 aromatic heterocycles. The summed E-state index contributed by atoms with van der Waals surface area (Å²) in [4.78, 5) is 8.83. The highest BCUT2D eigenvalue weighted by Gasteiger charge is 2.15. The van der Waals surface area contributed by atoms with Gasteiger partial charge in [0.2, 0.25) is 0 Å². The number of hydrogen-bond donors (Lipinski definition) is 0. The van der Waals surface area contributed by atoms with Gasteiger partial charge in [-0.25, -0.2) is 4.98 Å². The van der Waals surface area contributed by atoms with E-state index in [1.165, 1.54) is 5.56 Å². The summed E-state index contributed by atoms with van der Waals surface area (Å²) in [6.45, 7) is 4.78. The lowest BCUT2D eigenvalue weighted by Crippen LogP contribution is -2.06. The maximum Gasteiger partial charge on any atom is 0.128 e. The predicted octanol–water partition coefficient (Wildman–Crippen LogP) is 4.09. The Morgan fingerprint density at radius 1 is 1.30 bits per heavy atom. The summed E-state index contributed by atoms with van der Waals surface area (Å²) >= 11 is 6.29. The molecule has 0 fully saturated rings. The smallest absolute Gasteiger partial charge is 0.128 e. The number of hydrogen-bond acceptors (Lipinski definition) is 2. The van der Waals surface area contributed by atoms with Gasteiger partial charge in [0, 0.05) is 12.4 Å². The summed E-state index contributed by atoms with van der Waals surface area (Å²) < 4.78 is 2.18. The molecule has 0 spiro atoms. The number of alkyl halides is 1. The summed E-state index contributed by atoms with van der Waals surface area (Å²) in [5, 5.41) is -0.126. The minimum atomic E-state index is -0.126. The van der Waals surface area contributed by atoms with E-state index in [0.29, 0.717) is 0 Å². The second-order valence-corrected chi connectivity index (χ2v) is 5.68. The van der Waals surface area contributed by atoms with Gasteiger partial charge in [-0.1, -0.05) is 12.1 Å². The van der Waals surface area contributed by atoms with Gasteiger partial charge in [-0.15, -0.1) is 11.6 Å². The van der Waals surface area contributed by atoms with Crippen LogP contribution < -0.4 is 0 Å². The van der Waals surface area contributed by atoms with Crippen LogP contribution in [0.3, 0.4) is 0 Å². The van der Waals surface area contributed by atoms with Gasteiger partial charge in [0.1, 0.15) is 5.82 Å². The van der Waals surface area contributed by atoms with Gasteiger partial charge in [0.25, 0.3) is 0 Å².